The predicted molar refractivity (Wildman–Crippen MR) is 113 cm³/mol. The molecule has 1 aromatic carbocycles. The quantitative estimate of drug-likeness (QED) is 0.236. The van der Waals surface area contributed by atoms with Crippen molar-refractivity contribution >= 4 is 33.7 Å². The lowest BCUT2D eigenvalue weighted by Crippen LogP contribution is -2.38. The Morgan fingerprint density at radius 3 is 2.81 bits per heavy atom. The van der Waals surface area contributed by atoms with E-state index in [1.807, 2.05) is 24.9 Å². The van der Waals surface area contributed by atoms with Crippen LogP contribution in [0.2, 0.25) is 0 Å². The minimum Gasteiger partial charge on any atom is -0.379 e. The number of benzene rings is 1. The largest absolute Gasteiger partial charge is 0.379 e. The molecule has 1 saturated heterocycles. The van der Waals surface area contributed by atoms with E-state index in [1.165, 1.54) is 15.8 Å². The number of halogens is 1. The van der Waals surface area contributed by atoms with Crippen molar-refractivity contribution in [1.29, 1.82) is 0 Å². The second-order valence-electron chi connectivity index (χ2n) is 6.12. The number of hydrogen-bond donors (Lipinski definition) is 2. The normalized spacial score (nSPS) is 17.5. The first-order chi connectivity index (χ1) is 12.8. The summed E-state index contributed by atoms with van der Waals surface area (Å²) in [6.07, 6.45) is 4.59. The Bertz CT molecular complexity index is 539. The van der Waals surface area contributed by atoms with Crippen molar-refractivity contribution in [1.82, 2.24) is 10.6 Å². The van der Waals surface area contributed by atoms with Crippen molar-refractivity contribution in [2.24, 2.45) is 4.99 Å². The topological polar surface area (TPSA) is 54.9 Å². The summed E-state index contributed by atoms with van der Waals surface area (Å²) in [7, 11) is 1.81. The molecule has 0 spiro atoms. The maximum absolute atomic E-state index is 5.76. The zero-order valence-corrected chi connectivity index (χ0v) is 17.9. The first-order valence-electron chi connectivity index (χ1n) is 9.31. The third-order valence-electron chi connectivity index (χ3n) is 4.04. The molecule has 5 nitrogen and oxygen atoms in total. The van der Waals surface area contributed by atoms with Crippen LogP contribution in [0, 0.1) is 0 Å². The lowest BCUT2D eigenvalue weighted by molar-refractivity contribution is 0.0420. The van der Waals surface area contributed by atoms with Crippen LogP contribution in [0.5, 0.6) is 0 Å². The maximum Gasteiger partial charge on any atom is 0.190 e. The van der Waals surface area contributed by atoms with E-state index < -0.39 is 0 Å². The summed E-state index contributed by atoms with van der Waals surface area (Å²) in [6, 6.07) is 8.37. The van der Waals surface area contributed by atoms with Crippen molar-refractivity contribution in [3.63, 3.8) is 0 Å². The van der Waals surface area contributed by atoms with Gasteiger partial charge in [-0.05, 0) is 59.5 Å². The minimum absolute atomic E-state index is 0.293. The van der Waals surface area contributed by atoms with Gasteiger partial charge in [0.1, 0.15) is 0 Å². The summed E-state index contributed by atoms with van der Waals surface area (Å²) in [5.41, 5.74) is 0. The van der Waals surface area contributed by atoms with E-state index >= 15 is 0 Å². The van der Waals surface area contributed by atoms with Gasteiger partial charge in [0.25, 0.3) is 0 Å². The Kier molecular flexibility index (Phi) is 11.1. The van der Waals surface area contributed by atoms with Crippen molar-refractivity contribution in [3.8, 4) is 0 Å². The van der Waals surface area contributed by atoms with Crippen LogP contribution in [0.15, 0.2) is 38.6 Å². The molecule has 0 aromatic heterocycles. The molecule has 26 heavy (non-hydrogen) atoms. The second-order valence-corrected chi connectivity index (χ2v) is 8.11. The predicted octanol–water partition coefficient (Wildman–Crippen LogP) is 3.68. The number of nitrogens with one attached hydrogen (secondary N) is 2. The fourth-order valence-electron chi connectivity index (χ4n) is 2.57. The van der Waals surface area contributed by atoms with Crippen LogP contribution >= 0.6 is 27.7 Å². The SMILES string of the molecule is CN=C(NCCCCSc1ccccc1Br)NCCCOC1CCOC1. The Morgan fingerprint density at radius 2 is 2.08 bits per heavy atom. The van der Waals surface area contributed by atoms with Gasteiger partial charge in [-0.25, -0.2) is 0 Å². The molecule has 1 fully saturated rings. The monoisotopic (exact) mass is 443 g/mol. The van der Waals surface area contributed by atoms with Gasteiger partial charge < -0.3 is 20.1 Å². The Balaban J connectivity index is 1.45. The van der Waals surface area contributed by atoms with E-state index in [0.717, 1.165) is 63.9 Å². The summed E-state index contributed by atoms with van der Waals surface area (Å²) >= 11 is 5.49. The highest BCUT2D eigenvalue weighted by molar-refractivity contribution is 9.10. The summed E-state index contributed by atoms with van der Waals surface area (Å²) in [6.45, 7) is 4.15. The van der Waals surface area contributed by atoms with Gasteiger partial charge in [-0.3, -0.25) is 4.99 Å². The highest BCUT2D eigenvalue weighted by Crippen LogP contribution is 2.27. The lowest BCUT2D eigenvalue weighted by atomic mass is 10.3. The van der Waals surface area contributed by atoms with Gasteiger partial charge in [-0.1, -0.05) is 12.1 Å². The van der Waals surface area contributed by atoms with Gasteiger partial charge in [0, 0.05) is 42.7 Å². The van der Waals surface area contributed by atoms with E-state index in [-0.39, 0.29) is 0 Å². The van der Waals surface area contributed by atoms with E-state index in [2.05, 4.69) is 49.8 Å². The molecule has 0 bridgehead atoms. The molecule has 0 amide bonds. The van der Waals surface area contributed by atoms with Gasteiger partial charge >= 0.3 is 0 Å². The van der Waals surface area contributed by atoms with Gasteiger partial charge in [0.05, 0.1) is 12.7 Å². The van der Waals surface area contributed by atoms with Crippen LogP contribution in [0.1, 0.15) is 25.7 Å². The molecule has 2 N–H and O–H groups in total. The van der Waals surface area contributed by atoms with Gasteiger partial charge in [-0.15, -0.1) is 11.8 Å². The van der Waals surface area contributed by atoms with Crippen LogP contribution in [0.25, 0.3) is 0 Å². The van der Waals surface area contributed by atoms with Crippen LogP contribution in [0.3, 0.4) is 0 Å². The molecular formula is C19H30BrN3O2S. The zero-order valence-electron chi connectivity index (χ0n) is 15.5. The molecule has 2 rings (SSSR count). The number of hydrogen-bond acceptors (Lipinski definition) is 4. The first-order valence-corrected chi connectivity index (χ1v) is 11.1. The standard InChI is InChI=1S/C19H30BrN3O2S/c1-21-19(23-11-6-12-25-16-9-13-24-15-16)22-10-4-5-14-26-18-8-3-2-7-17(18)20/h2-3,7-8,16H,4-6,9-15H2,1H3,(H2,21,22,23). The number of ether oxygens (including phenoxy) is 2. The highest BCUT2D eigenvalue weighted by Gasteiger charge is 2.15. The third-order valence-corrected chi connectivity index (χ3v) is 6.15. The summed E-state index contributed by atoms with van der Waals surface area (Å²) in [5, 5.41) is 6.71. The molecule has 0 aliphatic carbocycles. The highest BCUT2D eigenvalue weighted by atomic mass is 79.9. The molecular weight excluding hydrogens is 414 g/mol. The van der Waals surface area contributed by atoms with Crippen LogP contribution in [-0.2, 0) is 9.47 Å². The molecule has 1 aliphatic rings. The Labute approximate surface area is 169 Å². The van der Waals surface area contributed by atoms with E-state index in [4.69, 9.17) is 9.47 Å². The molecule has 146 valence electrons. The van der Waals surface area contributed by atoms with Crippen molar-refractivity contribution < 1.29 is 9.47 Å². The summed E-state index contributed by atoms with van der Waals surface area (Å²) in [4.78, 5) is 5.57. The minimum atomic E-state index is 0.293. The molecule has 0 radical (unpaired) electrons. The zero-order chi connectivity index (χ0) is 18.5. The van der Waals surface area contributed by atoms with Crippen molar-refractivity contribution in [2.75, 3.05) is 45.7 Å². The molecule has 1 unspecified atom stereocenters. The van der Waals surface area contributed by atoms with Crippen molar-refractivity contribution in [3.05, 3.63) is 28.7 Å². The van der Waals surface area contributed by atoms with Crippen LogP contribution in [-0.4, -0.2) is 57.8 Å². The molecule has 1 aromatic rings. The van der Waals surface area contributed by atoms with E-state index in [9.17, 15) is 0 Å². The number of unbranched alkanes of at least 4 members (excludes halogenated alkanes) is 1. The summed E-state index contributed by atoms with van der Waals surface area (Å²) < 4.78 is 12.2. The molecule has 0 saturated carbocycles. The first kappa shape index (κ1) is 21.5. The Hall–Kier alpha value is -0.760. The molecule has 1 atom stereocenters. The van der Waals surface area contributed by atoms with E-state index in [1.54, 1.807) is 0 Å². The summed E-state index contributed by atoms with van der Waals surface area (Å²) in [5.74, 6) is 1.99. The maximum atomic E-state index is 5.76. The fourth-order valence-corrected chi connectivity index (χ4v) is 4.15. The smallest absolute Gasteiger partial charge is 0.190 e. The van der Waals surface area contributed by atoms with Gasteiger partial charge in [0.15, 0.2) is 5.96 Å². The number of guanidine groups is 1. The molecule has 7 heteroatoms. The Morgan fingerprint density at radius 1 is 1.27 bits per heavy atom. The number of thioether (sulfide) groups is 1. The number of nitrogens with zero attached hydrogens (tertiary/aromatic N) is 1. The van der Waals surface area contributed by atoms with Crippen LogP contribution in [0.4, 0.5) is 0 Å². The molecule has 1 heterocycles. The van der Waals surface area contributed by atoms with Gasteiger partial charge in [-0.2, -0.15) is 0 Å². The number of rotatable bonds is 11. The average Bonchev–Trinajstić information content (AvgIpc) is 3.17. The van der Waals surface area contributed by atoms with Gasteiger partial charge in [0.2, 0.25) is 0 Å². The lowest BCUT2D eigenvalue weighted by Gasteiger charge is -2.13. The van der Waals surface area contributed by atoms with Crippen molar-refractivity contribution in [2.45, 2.75) is 36.7 Å². The third kappa shape index (κ3) is 8.75. The fraction of sp³-hybridized carbons (Fsp3) is 0.632. The molecule has 1 aliphatic heterocycles. The van der Waals surface area contributed by atoms with Crippen LogP contribution < -0.4 is 10.6 Å². The second kappa shape index (κ2) is 13.4. The average molecular weight is 444 g/mol. The van der Waals surface area contributed by atoms with E-state index in [0.29, 0.717) is 6.10 Å². The number of aliphatic imine (C=N–C) groups is 1.